The molecule has 0 bridgehead atoms. The molecule has 2 rings (SSSR count). The first-order valence-electron chi connectivity index (χ1n) is 7.09. The normalized spacial score (nSPS) is 18.1. The highest BCUT2D eigenvalue weighted by atomic mass is 35.5. The molecule has 1 saturated heterocycles. The van der Waals surface area contributed by atoms with E-state index in [9.17, 15) is 8.42 Å². The van der Waals surface area contributed by atoms with Crippen LogP contribution in [-0.4, -0.2) is 39.0 Å². The van der Waals surface area contributed by atoms with Crippen LogP contribution in [0.1, 0.15) is 29.5 Å². The number of ether oxygens (including phenoxy) is 1. The number of sulfonamides is 1. The van der Waals surface area contributed by atoms with Crippen LogP contribution in [-0.2, 0) is 20.6 Å². The fraction of sp³-hybridized carbons (Fsp3) is 0.600. The van der Waals surface area contributed by atoms with Crippen LogP contribution >= 0.6 is 11.6 Å². The summed E-state index contributed by atoms with van der Waals surface area (Å²) in [4.78, 5) is 0.375. The van der Waals surface area contributed by atoms with Crippen molar-refractivity contribution in [3.8, 4) is 0 Å². The summed E-state index contributed by atoms with van der Waals surface area (Å²) < 4.78 is 32.5. The van der Waals surface area contributed by atoms with Crippen LogP contribution in [0.2, 0.25) is 0 Å². The van der Waals surface area contributed by atoms with E-state index in [4.69, 9.17) is 16.3 Å². The van der Waals surface area contributed by atoms with E-state index >= 15 is 0 Å². The van der Waals surface area contributed by atoms with Crippen molar-refractivity contribution in [3.05, 3.63) is 28.8 Å². The van der Waals surface area contributed by atoms with Gasteiger partial charge in [0.25, 0.3) is 0 Å². The zero-order chi connectivity index (χ0) is 15.6. The number of piperidine rings is 1. The van der Waals surface area contributed by atoms with E-state index in [1.54, 1.807) is 17.5 Å². The predicted octanol–water partition coefficient (Wildman–Crippen LogP) is 2.84. The molecular weight excluding hydrogens is 310 g/mol. The molecule has 0 atom stereocenters. The maximum atomic E-state index is 12.8. The molecule has 0 N–H and O–H groups in total. The third-order valence-corrected chi connectivity index (χ3v) is 6.46. The molecule has 1 heterocycles. The zero-order valence-corrected chi connectivity index (χ0v) is 14.3. The summed E-state index contributed by atoms with van der Waals surface area (Å²) in [6, 6.07) is 3.61. The van der Waals surface area contributed by atoms with Gasteiger partial charge in [-0.1, -0.05) is 6.07 Å². The van der Waals surface area contributed by atoms with Gasteiger partial charge in [-0.05, 0) is 49.4 Å². The highest BCUT2D eigenvalue weighted by molar-refractivity contribution is 7.89. The minimum Gasteiger partial charge on any atom is -0.381 e. The lowest BCUT2D eigenvalue weighted by molar-refractivity contribution is 0.0604. The van der Waals surface area contributed by atoms with Gasteiger partial charge in [0.1, 0.15) is 0 Å². The average molecular weight is 332 g/mol. The van der Waals surface area contributed by atoms with E-state index in [0.717, 1.165) is 29.5 Å². The number of nitrogens with zero attached hydrogens (tertiary/aromatic N) is 1. The third kappa shape index (κ3) is 3.42. The first-order valence-corrected chi connectivity index (χ1v) is 9.06. The summed E-state index contributed by atoms with van der Waals surface area (Å²) in [6.07, 6.45) is 1.64. The third-order valence-electron chi connectivity index (χ3n) is 4.13. The van der Waals surface area contributed by atoms with Gasteiger partial charge in [0, 0.05) is 26.1 Å². The van der Waals surface area contributed by atoms with Crippen molar-refractivity contribution in [1.29, 1.82) is 0 Å². The quantitative estimate of drug-likeness (QED) is 0.797. The number of alkyl halides is 1. The molecule has 1 aromatic rings. The van der Waals surface area contributed by atoms with Crippen LogP contribution in [0.5, 0.6) is 0 Å². The van der Waals surface area contributed by atoms with E-state index in [0.29, 0.717) is 23.9 Å². The molecule has 0 aliphatic carbocycles. The number of hydrogen-bond acceptors (Lipinski definition) is 3. The Hall–Kier alpha value is -0.620. The van der Waals surface area contributed by atoms with Gasteiger partial charge in [-0.2, -0.15) is 4.31 Å². The van der Waals surface area contributed by atoms with Crippen molar-refractivity contribution in [1.82, 2.24) is 4.31 Å². The van der Waals surface area contributed by atoms with Gasteiger partial charge in [0.15, 0.2) is 0 Å². The standard InChI is InChI=1S/C15H22ClNO3S/c1-11-8-12(2)15(9-13(11)10-16)21(18,19)17-6-4-14(20-3)5-7-17/h8-9,14H,4-7,10H2,1-3H3. The number of benzene rings is 1. The molecule has 0 radical (unpaired) electrons. The fourth-order valence-electron chi connectivity index (χ4n) is 2.74. The van der Waals surface area contributed by atoms with Crippen LogP contribution in [0, 0.1) is 13.8 Å². The van der Waals surface area contributed by atoms with Crippen LogP contribution in [0.4, 0.5) is 0 Å². The molecule has 21 heavy (non-hydrogen) atoms. The van der Waals surface area contributed by atoms with E-state index in [1.807, 2.05) is 19.9 Å². The van der Waals surface area contributed by atoms with Crippen molar-refractivity contribution < 1.29 is 13.2 Å². The Labute approximate surface area is 132 Å². The van der Waals surface area contributed by atoms with Crippen molar-refractivity contribution in [2.24, 2.45) is 0 Å². The van der Waals surface area contributed by atoms with Gasteiger partial charge < -0.3 is 4.74 Å². The molecule has 1 fully saturated rings. The maximum absolute atomic E-state index is 12.8. The van der Waals surface area contributed by atoms with E-state index in [-0.39, 0.29) is 6.10 Å². The monoisotopic (exact) mass is 331 g/mol. The summed E-state index contributed by atoms with van der Waals surface area (Å²) in [5.74, 6) is 0.320. The lowest BCUT2D eigenvalue weighted by Gasteiger charge is -2.31. The van der Waals surface area contributed by atoms with E-state index < -0.39 is 10.0 Å². The number of methoxy groups -OCH3 is 1. The van der Waals surface area contributed by atoms with E-state index in [2.05, 4.69) is 0 Å². The molecular formula is C15H22ClNO3S. The number of hydrogen-bond donors (Lipinski definition) is 0. The highest BCUT2D eigenvalue weighted by Crippen LogP contribution is 2.27. The Bertz CT molecular complexity index is 608. The van der Waals surface area contributed by atoms with Crippen LogP contribution in [0.15, 0.2) is 17.0 Å². The highest BCUT2D eigenvalue weighted by Gasteiger charge is 2.30. The molecule has 6 heteroatoms. The molecule has 0 aromatic heterocycles. The van der Waals surface area contributed by atoms with Crippen molar-refractivity contribution in [2.45, 2.75) is 43.6 Å². The van der Waals surface area contributed by atoms with Crippen LogP contribution < -0.4 is 0 Å². The lowest BCUT2D eigenvalue weighted by atomic mass is 10.1. The summed E-state index contributed by atoms with van der Waals surface area (Å²) >= 11 is 5.91. The Balaban J connectivity index is 2.32. The second kappa shape index (κ2) is 6.65. The molecule has 0 saturated carbocycles. The summed E-state index contributed by atoms with van der Waals surface area (Å²) in [7, 11) is -1.78. The smallest absolute Gasteiger partial charge is 0.243 e. The van der Waals surface area contributed by atoms with Crippen molar-refractivity contribution in [3.63, 3.8) is 0 Å². The summed E-state index contributed by atoms with van der Waals surface area (Å²) in [5.41, 5.74) is 2.67. The topological polar surface area (TPSA) is 46.6 Å². The Morgan fingerprint density at radius 2 is 1.86 bits per heavy atom. The lowest BCUT2D eigenvalue weighted by Crippen LogP contribution is -2.40. The van der Waals surface area contributed by atoms with Crippen LogP contribution in [0.3, 0.4) is 0 Å². The molecule has 0 spiro atoms. The molecule has 118 valence electrons. The molecule has 1 aliphatic heterocycles. The Kier molecular flexibility index (Phi) is 5.30. The second-order valence-corrected chi connectivity index (χ2v) is 7.69. The minimum atomic E-state index is -3.45. The van der Waals surface area contributed by atoms with Gasteiger partial charge in [-0.25, -0.2) is 8.42 Å². The summed E-state index contributed by atoms with van der Waals surface area (Å²) in [5, 5.41) is 0. The zero-order valence-electron chi connectivity index (χ0n) is 12.7. The summed E-state index contributed by atoms with van der Waals surface area (Å²) in [6.45, 7) is 4.79. The molecule has 0 unspecified atom stereocenters. The second-order valence-electron chi connectivity index (χ2n) is 5.52. The van der Waals surface area contributed by atoms with Crippen molar-refractivity contribution >= 4 is 21.6 Å². The number of rotatable bonds is 4. The maximum Gasteiger partial charge on any atom is 0.243 e. The minimum absolute atomic E-state index is 0.161. The fourth-order valence-corrected chi connectivity index (χ4v) is 4.76. The predicted molar refractivity (Wildman–Crippen MR) is 84.3 cm³/mol. The van der Waals surface area contributed by atoms with Crippen molar-refractivity contribution in [2.75, 3.05) is 20.2 Å². The van der Waals surface area contributed by atoms with Gasteiger partial charge in [-0.15, -0.1) is 11.6 Å². The number of halogens is 1. The Morgan fingerprint density at radius 3 is 2.38 bits per heavy atom. The largest absolute Gasteiger partial charge is 0.381 e. The van der Waals surface area contributed by atoms with Gasteiger partial charge in [0.2, 0.25) is 10.0 Å². The van der Waals surface area contributed by atoms with Gasteiger partial charge in [-0.3, -0.25) is 0 Å². The molecule has 4 nitrogen and oxygen atoms in total. The first-order chi connectivity index (χ1) is 9.90. The SMILES string of the molecule is COC1CCN(S(=O)(=O)c2cc(CCl)c(C)cc2C)CC1. The molecule has 1 aliphatic rings. The molecule has 1 aromatic carbocycles. The number of aryl methyl sites for hydroxylation is 2. The van der Waals surface area contributed by atoms with Crippen LogP contribution in [0.25, 0.3) is 0 Å². The van der Waals surface area contributed by atoms with Gasteiger partial charge in [0.05, 0.1) is 11.0 Å². The Morgan fingerprint density at radius 1 is 1.24 bits per heavy atom. The van der Waals surface area contributed by atoms with E-state index in [1.165, 1.54) is 0 Å². The van der Waals surface area contributed by atoms with Gasteiger partial charge >= 0.3 is 0 Å². The average Bonchev–Trinajstić information content (AvgIpc) is 2.47. The molecule has 0 amide bonds. The first kappa shape index (κ1) is 16.7.